The van der Waals surface area contributed by atoms with Gasteiger partial charge in [-0.15, -0.1) is 0 Å². The van der Waals surface area contributed by atoms with Crippen molar-refractivity contribution in [2.24, 2.45) is 0 Å². The molecule has 1 heterocycles. The molecule has 4 nitrogen and oxygen atoms in total. The lowest BCUT2D eigenvalue weighted by atomic mass is 10.3. The molecule has 1 aromatic heterocycles. The first-order chi connectivity index (χ1) is 6.89. The molecule has 0 aliphatic carbocycles. The number of halogens is 1. The zero-order chi connectivity index (χ0) is 11.6. The molecule has 0 saturated carbocycles. The first-order valence-corrected chi connectivity index (χ1v) is 7.12. The first kappa shape index (κ1) is 12.9. The molecule has 0 amide bonds. The van der Waals surface area contributed by atoms with E-state index < -0.39 is 10.0 Å². The Morgan fingerprint density at radius 1 is 1.67 bits per heavy atom. The minimum absolute atomic E-state index is 0.0316. The monoisotopic (exact) mass is 268 g/mol. The molecule has 1 rings (SSSR count). The van der Waals surface area contributed by atoms with Gasteiger partial charge >= 0.3 is 0 Å². The molecule has 0 bridgehead atoms. The van der Waals surface area contributed by atoms with Crippen molar-refractivity contribution in [1.29, 1.82) is 0 Å². The van der Waals surface area contributed by atoms with Crippen molar-refractivity contribution in [3.63, 3.8) is 0 Å². The smallest absolute Gasteiger partial charge is 0.232 e. The Hall–Kier alpha value is -0.170. The predicted molar refractivity (Wildman–Crippen MR) is 61.8 cm³/mol. The van der Waals surface area contributed by atoms with E-state index in [1.54, 1.807) is 7.05 Å². The van der Waals surface area contributed by atoms with E-state index in [-0.39, 0.29) is 14.7 Å². The molecule has 7 heteroatoms. The van der Waals surface area contributed by atoms with Gasteiger partial charge in [-0.2, -0.15) is 4.31 Å². The van der Waals surface area contributed by atoms with Crippen LogP contribution >= 0.6 is 22.9 Å². The lowest BCUT2D eigenvalue weighted by Gasteiger charge is -2.21. The Balaban J connectivity index is 3.03. The van der Waals surface area contributed by atoms with Crippen LogP contribution < -0.4 is 0 Å². The third-order valence-corrected chi connectivity index (χ3v) is 5.82. The summed E-state index contributed by atoms with van der Waals surface area (Å²) in [6.07, 6.45) is 2.06. The highest BCUT2D eigenvalue weighted by Crippen LogP contribution is 2.26. The average Bonchev–Trinajstić information content (AvgIpc) is 2.63. The number of hydrogen-bond acceptors (Lipinski definition) is 4. The molecule has 15 heavy (non-hydrogen) atoms. The standard InChI is InChI=1S/C8H13ClN2O2S2/c1-4-6(2)11(3)15(12,13)7-5-10-8(9)14-7/h5-6H,4H2,1-3H3. The second-order valence-electron chi connectivity index (χ2n) is 3.21. The van der Waals surface area contributed by atoms with Crippen molar-refractivity contribution < 1.29 is 8.42 Å². The van der Waals surface area contributed by atoms with Crippen LogP contribution in [0.1, 0.15) is 20.3 Å². The molecule has 1 atom stereocenters. The van der Waals surface area contributed by atoms with Crippen LogP contribution in [0.15, 0.2) is 10.4 Å². The highest BCUT2D eigenvalue weighted by molar-refractivity contribution is 7.91. The van der Waals surface area contributed by atoms with E-state index in [9.17, 15) is 8.42 Å². The van der Waals surface area contributed by atoms with Crippen LogP contribution in [-0.4, -0.2) is 30.8 Å². The second-order valence-corrected chi connectivity index (χ2v) is 7.05. The fraction of sp³-hybridized carbons (Fsp3) is 0.625. The second kappa shape index (κ2) is 4.78. The molecule has 86 valence electrons. The Bertz CT molecular complexity index is 430. The van der Waals surface area contributed by atoms with Crippen LogP contribution in [0.4, 0.5) is 0 Å². The summed E-state index contributed by atoms with van der Waals surface area (Å²) in [6.45, 7) is 3.80. The van der Waals surface area contributed by atoms with E-state index in [2.05, 4.69) is 4.98 Å². The number of thiazole rings is 1. The van der Waals surface area contributed by atoms with Crippen LogP contribution in [0, 0.1) is 0 Å². The van der Waals surface area contributed by atoms with E-state index in [1.165, 1.54) is 10.5 Å². The van der Waals surface area contributed by atoms with Crippen LogP contribution in [0.5, 0.6) is 0 Å². The summed E-state index contributed by atoms with van der Waals surface area (Å²) < 4.78 is 25.7. The van der Waals surface area contributed by atoms with E-state index in [0.29, 0.717) is 0 Å². The normalized spacial score (nSPS) is 14.5. The van der Waals surface area contributed by atoms with Gasteiger partial charge in [-0.3, -0.25) is 0 Å². The van der Waals surface area contributed by atoms with Gasteiger partial charge in [-0.25, -0.2) is 13.4 Å². The van der Waals surface area contributed by atoms with Gasteiger partial charge in [-0.1, -0.05) is 29.9 Å². The molecule has 0 fully saturated rings. The maximum Gasteiger partial charge on any atom is 0.254 e. The van der Waals surface area contributed by atoms with Crippen molar-refractivity contribution in [3.8, 4) is 0 Å². The summed E-state index contributed by atoms with van der Waals surface area (Å²) in [4.78, 5) is 3.73. The van der Waals surface area contributed by atoms with Gasteiger partial charge in [0.1, 0.15) is 0 Å². The topological polar surface area (TPSA) is 50.3 Å². The maximum absolute atomic E-state index is 12.0. The van der Waals surface area contributed by atoms with Gasteiger partial charge in [0, 0.05) is 13.1 Å². The van der Waals surface area contributed by atoms with Gasteiger partial charge in [0.05, 0.1) is 6.20 Å². The highest BCUT2D eigenvalue weighted by atomic mass is 35.5. The molecule has 0 aliphatic rings. The molecular formula is C8H13ClN2O2S2. The largest absolute Gasteiger partial charge is 0.254 e. The van der Waals surface area contributed by atoms with Crippen LogP contribution in [0.2, 0.25) is 4.47 Å². The molecule has 0 N–H and O–H groups in total. The zero-order valence-corrected chi connectivity index (χ0v) is 11.2. The molecule has 0 aliphatic heterocycles. The molecule has 0 aromatic carbocycles. The first-order valence-electron chi connectivity index (χ1n) is 4.49. The zero-order valence-electron chi connectivity index (χ0n) is 8.77. The summed E-state index contributed by atoms with van der Waals surface area (Å²) in [5, 5.41) is 0. The Kier molecular flexibility index (Phi) is 4.11. The quantitative estimate of drug-likeness (QED) is 0.841. The molecular weight excluding hydrogens is 256 g/mol. The summed E-state index contributed by atoms with van der Waals surface area (Å²) in [6, 6.07) is -0.0316. The fourth-order valence-corrected chi connectivity index (χ4v) is 3.91. The minimum Gasteiger partial charge on any atom is -0.232 e. The number of hydrogen-bond donors (Lipinski definition) is 0. The van der Waals surface area contributed by atoms with Crippen LogP contribution in [0.25, 0.3) is 0 Å². The maximum atomic E-state index is 12.0. The predicted octanol–water partition coefficient (Wildman–Crippen LogP) is 2.22. The Labute approximate surface area is 98.9 Å². The third kappa shape index (κ3) is 2.69. The molecule has 0 radical (unpaired) electrons. The van der Waals surface area contributed by atoms with E-state index >= 15 is 0 Å². The summed E-state index contributed by atoms with van der Waals surface area (Å²) in [7, 11) is -1.86. The highest BCUT2D eigenvalue weighted by Gasteiger charge is 2.26. The lowest BCUT2D eigenvalue weighted by Crippen LogP contribution is -2.34. The molecule has 1 aromatic rings. The Morgan fingerprint density at radius 3 is 2.67 bits per heavy atom. The van der Waals surface area contributed by atoms with Gasteiger partial charge in [0.25, 0.3) is 10.0 Å². The van der Waals surface area contributed by atoms with Gasteiger partial charge < -0.3 is 0 Å². The van der Waals surface area contributed by atoms with Crippen molar-refractivity contribution in [1.82, 2.24) is 9.29 Å². The summed E-state index contributed by atoms with van der Waals surface area (Å²) in [5.74, 6) is 0. The van der Waals surface area contributed by atoms with Crippen molar-refractivity contribution in [3.05, 3.63) is 10.7 Å². The Morgan fingerprint density at radius 2 is 2.27 bits per heavy atom. The van der Waals surface area contributed by atoms with Crippen LogP contribution in [0.3, 0.4) is 0 Å². The number of sulfonamides is 1. The molecule has 0 saturated heterocycles. The van der Waals surface area contributed by atoms with Gasteiger partial charge in [0.2, 0.25) is 0 Å². The van der Waals surface area contributed by atoms with Crippen molar-refractivity contribution >= 4 is 33.0 Å². The number of rotatable bonds is 4. The minimum atomic E-state index is -3.42. The summed E-state index contributed by atoms with van der Waals surface area (Å²) >= 11 is 6.58. The van der Waals surface area contributed by atoms with Crippen molar-refractivity contribution in [2.75, 3.05) is 7.05 Å². The third-order valence-electron chi connectivity index (χ3n) is 2.30. The van der Waals surface area contributed by atoms with E-state index in [0.717, 1.165) is 17.8 Å². The number of aromatic nitrogens is 1. The van der Waals surface area contributed by atoms with Crippen LogP contribution in [-0.2, 0) is 10.0 Å². The fourth-order valence-electron chi connectivity index (χ4n) is 0.994. The van der Waals surface area contributed by atoms with Gasteiger partial charge in [-0.05, 0) is 13.3 Å². The summed E-state index contributed by atoms with van der Waals surface area (Å²) in [5.41, 5.74) is 0. The lowest BCUT2D eigenvalue weighted by molar-refractivity contribution is 0.381. The molecule has 1 unspecified atom stereocenters. The SMILES string of the molecule is CCC(C)N(C)S(=O)(=O)c1cnc(Cl)s1. The average molecular weight is 269 g/mol. The van der Waals surface area contributed by atoms with E-state index in [4.69, 9.17) is 11.6 Å². The number of nitrogens with zero attached hydrogens (tertiary/aromatic N) is 2. The van der Waals surface area contributed by atoms with Crippen molar-refractivity contribution in [2.45, 2.75) is 30.5 Å². The molecule has 0 spiro atoms. The van der Waals surface area contributed by atoms with E-state index in [1.807, 2.05) is 13.8 Å². The van der Waals surface area contributed by atoms with Gasteiger partial charge in [0.15, 0.2) is 8.68 Å².